The van der Waals surface area contributed by atoms with E-state index in [1.807, 2.05) is 26.8 Å². The topological polar surface area (TPSA) is 35.2 Å². The van der Waals surface area contributed by atoms with Gasteiger partial charge in [0, 0.05) is 5.41 Å². The van der Waals surface area contributed by atoms with Crippen molar-refractivity contribution in [1.82, 2.24) is 0 Å². The van der Waals surface area contributed by atoms with Gasteiger partial charge in [0.15, 0.2) is 0 Å². The summed E-state index contributed by atoms with van der Waals surface area (Å²) in [5.74, 6) is 4.83. The molecule has 0 aromatic heterocycles. The summed E-state index contributed by atoms with van der Waals surface area (Å²) < 4.78 is 13.6. The minimum Gasteiger partial charge on any atom is -0.304 e. The zero-order valence-corrected chi connectivity index (χ0v) is 8.80. The fraction of sp³-hybridized carbons (Fsp3) is 0.455. The summed E-state index contributed by atoms with van der Waals surface area (Å²) in [6, 6.07) is 5.05. The third kappa shape index (κ3) is 2.11. The van der Waals surface area contributed by atoms with Gasteiger partial charge in [0.2, 0.25) is 0 Å². The van der Waals surface area contributed by atoms with Gasteiger partial charge in [-0.1, -0.05) is 26.0 Å². The molecule has 0 spiro atoms. The van der Waals surface area contributed by atoms with Gasteiger partial charge >= 0.3 is 0 Å². The average molecular weight is 197 g/mol. The van der Waals surface area contributed by atoms with Crippen LogP contribution in [0.2, 0.25) is 0 Å². The van der Waals surface area contributed by atoms with Crippen LogP contribution >= 0.6 is 0 Å². The first-order valence-corrected chi connectivity index (χ1v) is 4.56. The van der Waals surface area contributed by atoms with E-state index in [4.69, 9.17) is 5.90 Å². The minimum atomic E-state index is -0.399. The van der Waals surface area contributed by atoms with Crippen molar-refractivity contribution in [2.45, 2.75) is 26.2 Å². The largest absolute Gasteiger partial charge is 0.304 e. The van der Waals surface area contributed by atoms with Gasteiger partial charge in [0.05, 0.1) is 6.61 Å². The molecule has 0 aliphatic heterocycles. The van der Waals surface area contributed by atoms with Crippen LogP contribution in [0.5, 0.6) is 0 Å². The third-order valence-corrected chi connectivity index (χ3v) is 2.34. The van der Waals surface area contributed by atoms with Crippen molar-refractivity contribution in [1.29, 1.82) is 0 Å². The number of rotatable bonds is 3. The van der Waals surface area contributed by atoms with E-state index in [0.29, 0.717) is 12.2 Å². The Balaban J connectivity index is 3.17. The Morgan fingerprint density at radius 3 is 2.57 bits per heavy atom. The van der Waals surface area contributed by atoms with Gasteiger partial charge in [-0.15, -0.1) is 0 Å². The lowest BCUT2D eigenvalue weighted by atomic mass is 9.82. The Labute approximate surface area is 83.8 Å². The molecule has 1 aromatic carbocycles. The lowest BCUT2D eigenvalue weighted by molar-refractivity contribution is 0.0948. The molecular weight excluding hydrogens is 181 g/mol. The first-order valence-electron chi connectivity index (χ1n) is 4.56. The number of halogens is 1. The van der Waals surface area contributed by atoms with Crippen molar-refractivity contribution in [3.63, 3.8) is 0 Å². The summed E-state index contributed by atoms with van der Waals surface area (Å²) in [4.78, 5) is 4.60. The Kier molecular flexibility index (Phi) is 3.24. The maximum atomic E-state index is 13.6. The van der Waals surface area contributed by atoms with Crippen molar-refractivity contribution in [2.24, 2.45) is 5.90 Å². The molecular formula is C11H16FNO. The second-order valence-electron chi connectivity index (χ2n) is 4.13. The fourth-order valence-electron chi connectivity index (χ4n) is 1.77. The highest BCUT2D eigenvalue weighted by Gasteiger charge is 2.25. The third-order valence-electron chi connectivity index (χ3n) is 2.34. The van der Waals surface area contributed by atoms with Crippen molar-refractivity contribution >= 4 is 0 Å². The molecule has 1 rings (SSSR count). The molecule has 0 saturated carbocycles. The van der Waals surface area contributed by atoms with Gasteiger partial charge in [-0.3, -0.25) is 0 Å². The summed E-state index contributed by atoms with van der Waals surface area (Å²) in [7, 11) is 0. The first-order chi connectivity index (χ1) is 6.49. The predicted octanol–water partition coefficient (Wildman–Crippen LogP) is 2.30. The van der Waals surface area contributed by atoms with Gasteiger partial charge in [0.1, 0.15) is 5.82 Å². The molecule has 0 unspecified atom stereocenters. The van der Waals surface area contributed by atoms with Crippen LogP contribution in [-0.2, 0) is 10.3 Å². The Bertz CT molecular complexity index is 303. The van der Waals surface area contributed by atoms with Crippen molar-refractivity contribution in [2.75, 3.05) is 6.61 Å². The van der Waals surface area contributed by atoms with Crippen molar-refractivity contribution in [3.05, 3.63) is 35.1 Å². The SMILES string of the molecule is Cc1cccc(F)c1C(C)(C)CON. The molecule has 0 heterocycles. The first kappa shape index (κ1) is 11.1. The molecule has 0 fully saturated rings. The van der Waals surface area contributed by atoms with E-state index >= 15 is 0 Å². The molecule has 2 nitrogen and oxygen atoms in total. The van der Waals surface area contributed by atoms with Crippen molar-refractivity contribution in [3.8, 4) is 0 Å². The summed E-state index contributed by atoms with van der Waals surface area (Å²) in [6.07, 6.45) is 0. The van der Waals surface area contributed by atoms with Crippen LogP contribution in [0.3, 0.4) is 0 Å². The van der Waals surface area contributed by atoms with Gasteiger partial charge < -0.3 is 4.84 Å². The van der Waals surface area contributed by atoms with E-state index in [-0.39, 0.29) is 5.82 Å². The van der Waals surface area contributed by atoms with Crippen LogP contribution in [-0.4, -0.2) is 6.61 Å². The van der Waals surface area contributed by atoms with E-state index in [0.717, 1.165) is 5.56 Å². The quantitative estimate of drug-likeness (QED) is 0.754. The summed E-state index contributed by atoms with van der Waals surface area (Å²) in [6.45, 7) is 6.00. The Morgan fingerprint density at radius 2 is 2.07 bits per heavy atom. The maximum Gasteiger partial charge on any atom is 0.127 e. The van der Waals surface area contributed by atoms with E-state index in [1.54, 1.807) is 6.07 Å². The molecule has 78 valence electrons. The monoisotopic (exact) mass is 197 g/mol. The number of nitrogens with two attached hydrogens (primary N) is 1. The van der Waals surface area contributed by atoms with Crippen LogP contribution in [0.1, 0.15) is 25.0 Å². The molecule has 2 N–H and O–H groups in total. The molecule has 0 saturated heterocycles. The van der Waals surface area contributed by atoms with Crippen LogP contribution in [0, 0.1) is 12.7 Å². The van der Waals surface area contributed by atoms with Crippen LogP contribution < -0.4 is 5.90 Å². The van der Waals surface area contributed by atoms with E-state index in [9.17, 15) is 4.39 Å². The van der Waals surface area contributed by atoms with E-state index in [2.05, 4.69) is 4.84 Å². The normalized spacial score (nSPS) is 11.8. The number of hydrogen-bond donors (Lipinski definition) is 1. The summed E-state index contributed by atoms with van der Waals surface area (Å²) in [5, 5.41) is 0. The maximum absolute atomic E-state index is 13.6. The highest BCUT2D eigenvalue weighted by Crippen LogP contribution is 2.28. The molecule has 1 aromatic rings. The van der Waals surface area contributed by atoms with Crippen molar-refractivity contribution < 1.29 is 9.23 Å². The molecule has 0 bridgehead atoms. The minimum absolute atomic E-state index is 0.202. The molecule has 0 amide bonds. The number of benzene rings is 1. The molecule has 0 atom stereocenters. The van der Waals surface area contributed by atoms with Gasteiger partial charge in [-0.05, 0) is 24.1 Å². The molecule has 3 heteroatoms. The Morgan fingerprint density at radius 1 is 1.43 bits per heavy atom. The molecule has 0 aliphatic carbocycles. The highest BCUT2D eigenvalue weighted by atomic mass is 19.1. The number of aryl methyl sites for hydroxylation is 1. The smallest absolute Gasteiger partial charge is 0.127 e. The van der Waals surface area contributed by atoms with E-state index < -0.39 is 5.41 Å². The highest BCUT2D eigenvalue weighted by molar-refractivity contribution is 5.33. The second-order valence-corrected chi connectivity index (χ2v) is 4.13. The van der Waals surface area contributed by atoms with Gasteiger partial charge in [0.25, 0.3) is 0 Å². The molecule has 14 heavy (non-hydrogen) atoms. The predicted molar refractivity (Wildman–Crippen MR) is 54.3 cm³/mol. The standard InChI is InChI=1S/C11H16FNO/c1-8-5-4-6-9(12)10(8)11(2,3)7-14-13/h4-6H,7,13H2,1-3H3. The second kappa shape index (κ2) is 4.07. The molecule has 0 aliphatic rings. The average Bonchev–Trinajstić information content (AvgIpc) is 2.02. The number of hydrogen-bond acceptors (Lipinski definition) is 2. The lowest BCUT2D eigenvalue weighted by Gasteiger charge is -2.26. The van der Waals surface area contributed by atoms with Crippen LogP contribution in [0.4, 0.5) is 4.39 Å². The zero-order valence-electron chi connectivity index (χ0n) is 8.80. The summed E-state index contributed by atoms with van der Waals surface area (Å²) >= 11 is 0. The van der Waals surface area contributed by atoms with E-state index in [1.165, 1.54) is 6.07 Å². The van der Waals surface area contributed by atoms with Gasteiger partial charge in [-0.25, -0.2) is 10.3 Å². The fourth-order valence-corrected chi connectivity index (χ4v) is 1.77. The summed E-state index contributed by atoms with van der Waals surface area (Å²) in [5.41, 5.74) is 1.20. The Hall–Kier alpha value is -0.930. The van der Waals surface area contributed by atoms with Gasteiger partial charge in [-0.2, -0.15) is 0 Å². The lowest BCUT2D eigenvalue weighted by Crippen LogP contribution is -2.28. The van der Waals surface area contributed by atoms with Crippen LogP contribution in [0.15, 0.2) is 18.2 Å². The van der Waals surface area contributed by atoms with Crippen LogP contribution in [0.25, 0.3) is 0 Å². The zero-order chi connectivity index (χ0) is 10.8. The molecule has 0 radical (unpaired) electrons.